The highest BCUT2D eigenvalue weighted by Crippen LogP contribution is 2.45. The van der Waals surface area contributed by atoms with Gasteiger partial charge in [0.05, 0.1) is 11.7 Å². The van der Waals surface area contributed by atoms with Gasteiger partial charge in [-0.15, -0.1) is 0 Å². The van der Waals surface area contributed by atoms with Crippen LogP contribution in [0.4, 0.5) is 19.3 Å². The summed E-state index contributed by atoms with van der Waals surface area (Å²) in [6, 6.07) is 10.3. The Balaban J connectivity index is 1.81. The molecule has 2 aromatic rings. The van der Waals surface area contributed by atoms with Gasteiger partial charge in [0.2, 0.25) is 0 Å². The van der Waals surface area contributed by atoms with Crippen molar-refractivity contribution in [3.8, 4) is 5.75 Å². The first kappa shape index (κ1) is 14.0. The smallest absolute Gasteiger partial charge is 0.325 e. The summed E-state index contributed by atoms with van der Waals surface area (Å²) in [7, 11) is 0. The predicted octanol–water partition coefficient (Wildman–Crippen LogP) is 3.73. The number of para-hydroxylation sites is 1. The zero-order valence-electron chi connectivity index (χ0n) is 12.3. The number of ether oxygens (including phenoxy) is 1. The van der Waals surface area contributed by atoms with Gasteiger partial charge in [-0.3, -0.25) is 4.90 Å². The molecule has 0 spiro atoms. The maximum Gasteiger partial charge on any atom is 0.325 e. The van der Waals surface area contributed by atoms with Crippen molar-refractivity contribution in [1.82, 2.24) is 5.32 Å². The fourth-order valence-corrected chi connectivity index (χ4v) is 3.34. The lowest BCUT2D eigenvalue weighted by Crippen LogP contribution is -2.65. The van der Waals surface area contributed by atoms with Crippen molar-refractivity contribution in [2.45, 2.75) is 25.1 Å². The van der Waals surface area contributed by atoms with Crippen LogP contribution in [0.15, 0.2) is 42.5 Å². The van der Waals surface area contributed by atoms with E-state index in [1.54, 1.807) is 6.92 Å². The number of rotatable bonds is 1. The Morgan fingerprint density at radius 3 is 2.78 bits per heavy atom. The molecule has 4 rings (SSSR count). The van der Waals surface area contributed by atoms with Gasteiger partial charge in [-0.05, 0) is 25.1 Å². The van der Waals surface area contributed by atoms with Gasteiger partial charge in [0, 0.05) is 18.1 Å². The summed E-state index contributed by atoms with van der Waals surface area (Å²) in [5, 5.41) is 2.90. The Kier molecular flexibility index (Phi) is 2.85. The highest BCUT2D eigenvalue weighted by molar-refractivity contribution is 5.94. The van der Waals surface area contributed by atoms with Crippen LogP contribution in [0, 0.1) is 11.6 Å². The molecule has 0 unspecified atom stereocenters. The molecule has 2 aliphatic rings. The van der Waals surface area contributed by atoms with Crippen molar-refractivity contribution in [2.75, 3.05) is 4.90 Å². The second kappa shape index (κ2) is 4.68. The van der Waals surface area contributed by atoms with Gasteiger partial charge in [-0.2, -0.15) is 0 Å². The molecule has 0 aromatic heterocycles. The summed E-state index contributed by atoms with van der Waals surface area (Å²) >= 11 is 0. The molecule has 0 aliphatic carbocycles. The van der Waals surface area contributed by atoms with Crippen LogP contribution in [0.5, 0.6) is 5.75 Å². The Bertz CT molecular complexity index is 811. The third-order valence-electron chi connectivity index (χ3n) is 4.34. The van der Waals surface area contributed by atoms with Crippen molar-refractivity contribution in [1.29, 1.82) is 0 Å². The number of nitrogens with zero attached hydrogens (tertiary/aromatic N) is 1. The molecule has 1 saturated heterocycles. The standard InChI is InChI=1S/C17H14F2N2O2/c1-17-9-14(11-4-2-3-5-15(11)23-17)20-16(22)21(17)10-6-7-12(18)13(19)8-10/h2-8,14H,9H2,1H3,(H,20,22)/t14-,17-/m1/s1. The number of halogens is 2. The molecular weight excluding hydrogens is 302 g/mol. The van der Waals surface area contributed by atoms with E-state index in [9.17, 15) is 13.6 Å². The van der Waals surface area contributed by atoms with Gasteiger partial charge in [0.15, 0.2) is 17.4 Å². The highest BCUT2D eigenvalue weighted by atomic mass is 19.2. The number of nitrogens with one attached hydrogen (secondary N) is 1. The summed E-state index contributed by atoms with van der Waals surface area (Å²) in [5.41, 5.74) is 0.205. The Morgan fingerprint density at radius 2 is 2.00 bits per heavy atom. The van der Waals surface area contributed by atoms with Gasteiger partial charge in [-0.1, -0.05) is 18.2 Å². The second-order valence-corrected chi connectivity index (χ2v) is 5.95. The fraction of sp³-hybridized carbons (Fsp3) is 0.235. The van der Waals surface area contributed by atoms with Gasteiger partial charge < -0.3 is 10.1 Å². The maximum absolute atomic E-state index is 13.6. The molecule has 23 heavy (non-hydrogen) atoms. The third-order valence-corrected chi connectivity index (χ3v) is 4.34. The van der Waals surface area contributed by atoms with E-state index in [0.717, 1.165) is 17.7 Å². The topological polar surface area (TPSA) is 41.6 Å². The molecule has 0 radical (unpaired) electrons. The number of fused-ring (bicyclic) bond motifs is 4. The minimum Gasteiger partial charge on any atom is -0.467 e. The molecule has 4 nitrogen and oxygen atoms in total. The minimum absolute atomic E-state index is 0.168. The predicted molar refractivity (Wildman–Crippen MR) is 80.2 cm³/mol. The molecule has 2 heterocycles. The molecule has 2 aliphatic heterocycles. The Morgan fingerprint density at radius 1 is 1.22 bits per heavy atom. The lowest BCUT2D eigenvalue weighted by Gasteiger charge is -2.50. The normalized spacial score (nSPS) is 25.4. The number of carbonyl (C=O) groups is 1. The molecule has 2 atom stereocenters. The van der Waals surface area contributed by atoms with Crippen LogP contribution in [0.1, 0.15) is 24.9 Å². The molecule has 6 heteroatoms. The van der Waals surface area contributed by atoms with Crippen LogP contribution in [0.25, 0.3) is 0 Å². The number of benzene rings is 2. The molecule has 1 fully saturated rings. The number of carbonyl (C=O) groups excluding carboxylic acids is 1. The molecule has 1 N–H and O–H groups in total. The van der Waals surface area contributed by atoms with Crippen LogP contribution in [0.2, 0.25) is 0 Å². The quantitative estimate of drug-likeness (QED) is 0.871. The molecular formula is C17H14F2N2O2. The van der Waals surface area contributed by atoms with E-state index < -0.39 is 23.4 Å². The molecule has 2 aromatic carbocycles. The monoisotopic (exact) mass is 316 g/mol. The SMILES string of the molecule is C[C@@]12C[C@@H](NC(=O)N1c1ccc(F)c(F)c1)c1ccccc1O2. The van der Waals surface area contributed by atoms with Crippen LogP contribution < -0.4 is 15.0 Å². The lowest BCUT2D eigenvalue weighted by atomic mass is 9.90. The summed E-state index contributed by atoms with van der Waals surface area (Å²) in [5.74, 6) is -1.28. The number of amides is 2. The average Bonchev–Trinajstić information content (AvgIpc) is 2.50. The van der Waals surface area contributed by atoms with Crippen LogP contribution >= 0.6 is 0 Å². The van der Waals surface area contributed by atoms with E-state index in [1.807, 2.05) is 24.3 Å². The van der Waals surface area contributed by atoms with E-state index in [1.165, 1.54) is 11.0 Å². The number of hydrogen-bond donors (Lipinski definition) is 1. The van der Waals surface area contributed by atoms with E-state index in [-0.39, 0.29) is 11.7 Å². The van der Waals surface area contributed by atoms with E-state index in [0.29, 0.717) is 12.2 Å². The van der Waals surface area contributed by atoms with Crippen molar-refractivity contribution in [2.24, 2.45) is 0 Å². The van der Waals surface area contributed by atoms with E-state index >= 15 is 0 Å². The molecule has 0 saturated carbocycles. The molecule has 118 valence electrons. The summed E-state index contributed by atoms with van der Waals surface area (Å²) in [6.07, 6.45) is 0.509. The third kappa shape index (κ3) is 2.05. The first-order valence-electron chi connectivity index (χ1n) is 7.32. The lowest BCUT2D eigenvalue weighted by molar-refractivity contribution is 0.0378. The minimum atomic E-state index is -1.00. The van der Waals surface area contributed by atoms with Crippen LogP contribution in [-0.4, -0.2) is 11.8 Å². The van der Waals surface area contributed by atoms with Crippen molar-refractivity contribution in [3.05, 3.63) is 59.7 Å². The van der Waals surface area contributed by atoms with Gasteiger partial charge in [-0.25, -0.2) is 13.6 Å². The number of hydrogen-bond acceptors (Lipinski definition) is 2. The van der Waals surface area contributed by atoms with Gasteiger partial charge in [0.25, 0.3) is 0 Å². The second-order valence-electron chi connectivity index (χ2n) is 5.95. The van der Waals surface area contributed by atoms with Crippen molar-refractivity contribution in [3.63, 3.8) is 0 Å². The maximum atomic E-state index is 13.6. The first-order chi connectivity index (χ1) is 11.0. The first-order valence-corrected chi connectivity index (χ1v) is 7.32. The van der Waals surface area contributed by atoms with Crippen molar-refractivity contribution >= 4 is 11.7 Å². The van der Waals surface area contributed by atoms with Crippen molar-refractivity contribution < 1.29 is 18.3 Å². The fourth-order valence-electron chi connectivity index (χ4n) is 3.34. The number of anilines is 1. The zero-order chi connectivity index (χ0) is 16.2. The average molecular weight is 316 g/mol. The van der Waals surface area contributed by atoms with E-state index in [2.05, 4.69) is 5.32 Å². The summed E-state index contributed by atoms with van der Waals surface area (Å²) in [4.78, 5) is 13.9. The molecule has 2 amide bonds. The van der Waals surface area contributed by atoms with E-state index in [4.69, 9.17) is 4.74 Å². The van der Waals surface area contributed by atoms with Crippen LogP contribution in [-0.2, 0) is 0 Å². The number of urea groups is 1. The summed E-state index contributed by atoms with van der Waals surface area (Å²) in [6.45, 7) is 1.77. The molecule has 2 bridgehead atoms. The van der Waals surface area contributed by atoms with Crippen LogP contribution in [0.3, 0.4) is 0 Å². The highest BCUT2D eigenvalue weighted by Gasteiger charge is 2.49. The van der Waals surface area contributed by atoms with Gasteiger partial charge >= 0.3 is 6.03 Å². The Hall–Kier alpha value is -2.63. The summed E-state index contributed by atoms with van der Waals surface area (Å²) < 4.78 is 32.8. The van der Waals surface area contributed by atoms with Gasteiger partial charge in [0.1, 0.15) is 5.75 Å². The zero-order valence-corrected chi connectivity index (χ0v) is 12.3. The largest absolute Gasteiger partial charge is 0.467 e. The Labute approximate surface area is 131 Å².